The topological polar surface area (TPSA) is 233 Å². The third kappa shape index (κ3) is 6.74. The van der Waals surface area contributed by atoms with Crippen LogP contribution in [0, 0.1) is 11.8 Å². The lowest BCUT2D eigenvalue weighted by Crippen LogP contribution is -2.49. The molecule has 0 amide bonds. The summed E-state index contributed by atoms with van der Waals surface area (Å²) in [7, 11) is -2.61. The highest BCUT2D eigenvalue weighted by Gasteiger charge is 2.54. The first kappa shape index (κ1) is 37.4. The highest BCUT2D eigenvalue weighted by molar-refractivity contribution is 8.07. The first-order valence-corrected chi connectivity index (χ1v) is 25.0. The van der Waals surface area contributed by atoms with E-state index in [1.54, 1.807) is 17.1 Å². The molecule has 2 saturated heterocycles. The van der Waals surface area contributed by atoms with Crippen LogP contribution in [0.15, 0.2) is 36.2 Å². The zero-order valence-corrected chi connectivity index (χ0v) is 33.8. The summed E-state index contributed by atoms with van der Waals surface area (Å²) in [6, 6.07) is -0.175. The molecule has 5 aromatic rings. The Bertz CT molecular complexity index is 2370. The molecular weight excluding hydrogens is 787 g/mol. The minimum absolute atomic E-state index is 0.00713. The van der Waals surface area contributed by atoms with Crippen molar-refractivity contribution in [2.24, 2.45) is 11.8 Å². The highest BCUT2D eigenvalue weighted by Crippen LogP contribution is 2.56. The molecule has 1 aliphatic carbocycles. The number of hydrogen-bond donors (Lipinski definition) is 4. The van der Waals surface area contributed by atoms with E-state index < -0.39 is 46.3 Å². The van der Waals surface area contributed by atoms with Crippen LogP contribution in [0.3, 0.4) is 0 Å². The van der Waals surface area contributed by atoms with E-state index in [-0.39, 0.29) is 59.6 Å². The van der Waals surface area contributed by atoms with Gasteiger partial charge in [0.05, 0.1) is 32.5 Å². The van der Waals surface area contributed by atoms with Gasteiger partial charge in [-0.25, -0.2) is 29.3 Å². The van der Waals surface area contributed by atoms with Gasteiger partial charge in [0.15, 0.2) is 31.5 Å². The molecule has 3 fully saturated rings. The van der Waals surface area contributed by atoms with Gasteiger partial charge in [0, 0.05) is 24.4 Å². The lowest BCUT2D eigenvalue weighted by Gasteiger charge is -2.45. The lowest BCUT2D eigenvalue weighted by atomic mass is 9.70. The van der Waals surface area contributed by atoms with Crippen LogP contribution in [-0.4, -0.2) is 99.7 Å². The van der Waals surface area contributed by atoms with E-state index in [0.29, 0.717) is 29.0 Å². The van der Waals surface area contributed by atoms with Gasteiger partial charge in [0.2, 0.25) is 5.78 Å². The van der Waals surface area contributed by atoms with Crippen molar-refractivity contribution in [1.82, 2.24) is 43.4 Å². The molecule has 0 radical (unpaired) electrons. The van der Waals surface area contributed by atoms with Crippen LogP contribution in [0.2, 0.25) is 18.1 Å². The van der Waals surface area contributed by atoms with Gasteiger partial charge in [0.25, 0.3) is 5.56 Å². The average Bonchev–Trinajstić information content (AvgIpc) is 3.86. The summed E-state index contributed by atoms with van der Waals surface area (Å²) in [4.78, 5) is 60.9. The maximum absolute atomic E-state index is 13.3. The van der Waals surface area contributed by atoms with Crippen molar-refractivity contribution in [3.05, 3.63) is 41.7 Å². The number of imidazole rings is 3. The Kier molecular flexibility index (Phi) is 9.37. The molecule has 19 nitrogen and oxygen atoms in total. The summed E-state index contributed by atoms with van der Waals surface area (Å²) in [5.41, 5.74) is 7.15. The van der Waals surface area contributed by atoms with Gasteiger partial charge < -0.3 is 47.8 Å². The van der Waals surface area contributed by atoms with E-state index in [0.717, 1.165) is 0 Å². The maximum atomic E-state index is 13.3. The quantitative estimate of drug-likeness (QED) is 0.151. The number of aromatic nitrogens is 9. The molecule has 5 aromatic heterocycles. The second-order valence-corrected chi connectivity index (χ2v) is 25.4. The predicted molar refractivity (Wildman–Crippen MR) is 201 cm³/mol. The van der Waals surface area contributed by atoms with E-state index in [1.807, 2.05) is 4.57 Å². The zero-order valence-electron chi connectivity index (χ0n) is 29.4. The number of hydrogen-bond acceptors (Lipinski definition) is 15. The largest absolute Gasteiger partial charge is 0.407 e. The van der Waals surface area contributed by atoms with Gasteiger partial charge in [-0.15, -0.1) is 0 Å². The van der Waals surface area contributed by atoms with Crippen LogP contribution in [0.5, 0.6) is 0 Å². The number of rotatable bonds is 4. The molecular formula is C29H40N10O9P2S2Si. The molecule has 9 atom stereocenters. The van der Waals surface area contributed by atoms with E-state index in [2.05, 4.69) is 63.8 Å². The number of nitrogen functional groups attached to an aromatic ring is 1. The molecule has 7 heterocycles. The summed E-state index contributed by atoms with van der Waals surface area (Å²) in [5, 5.41) is -0.257. The second kappa shape index (κ2) is 13.3. The van der Waals surface area contributed by atoms with Crippen molar-refractivity contribution in [1.29, 1.82) is 0 Å². The molecule has 3 unspecified atom stereocenters. The summed E-state index contributed by atoms with van der Waals surface area (Å²) in [6.45, 7) is 2.29. The third-order valence-corrected chi connectivity index (χ3v) is 18.4. The molecule has 0 aromatic carbocycles. The van der Waals surface area contributed by atoms with Crippen molar-refractivity contribution in [2.75, 3.05) is 25.6 Å². The van der Waals surface area contributed by atoms with Crippen LogP contribution in [0.25, 0.3) is 28.1 Å². The molecule has 8 rings (SSSR count). The van der Waals surface area contributed by atoms with Crippen molar-refractivity contribution < 1.29 is 37.0 Å². The van der Waals surface area contributed by atoms with E-state index in [9.17, 15) is 14.6 Å². The van der Waals surface area contributed by atoms with Gasteiger partial charge in [-0.3, -0.25) is 13.9 Å². The fourth-order valence-corrected chi connectivity index (χ4v) is 10.8. The number of fused-ring (bicyclic) bond motifs is 5. The van der Waals surface area contributed by atoms with Gasteiger partial charge in [0.1, 0.15) is 35.8 Å². The van der Waals surface area contributed by atoms with Gasteiger partial charge in [-0.2, -0.15) is 0 Å². The van der Waals surface area contributed by atoms with Crippen LogP contribution in [0.4, 0.5) is 5.82 Å². The van der Waals surface area contributed by atoms with E-state index >= 15 is 0 Å². The van der Waals surface area contributed by atoms with Gasteiger partial charge in [-0.05, 0) is 54.1 Å². The van der Waals surface area contributed by atoms with Crippen molar-refractivity contribution in [2.45, 2.75) is 75.9 Å². The number of anilines is 1. The standard InChI is InChI=1S/C29H40N10O9P2S2Si/c1-29(2,3)53(4,5)48-22-21-18(46-27(22)39-14-35-20-25(39)36-28-31-6-7-37(28)26(20)40)11-45-49(41,51)44-10-16-15(9-43-50(42,52)47-21)8-17(16)38-13-34-19-23(30)32-12-33-24(19)38/h6-7,12-18,21-22,27H,8-11H2,1-5H3,(H,31,36)(H,41,51)(H,42,52)(H2,30,32,33)/t15-,16-,17-,18-,21-,22?,27-,49?,50?/m1/s1. The Morgan fingerprint density at radius 2 is 1.72 bits per heavy atom. The minimum Gasteiger partial charge on any atom is -0.407 e. The summed E-state index contributed by atoms with van der Waals surface area (Å²) in [5.74, 6) is 0.123. The monoisotopic (exact) mass is 826 g/mol. The number of ether oxygens (including phenoxy) is 1. The fourth-order valence-electron chi connectivity index (χ4n) is 6.86. The van der Waals surface area contributed by atoms with Crippen LogP contribution in [-0.2, 0) is 50.9 Å². The average molecular weight is 827 g/mol. The van der Waals surface area contributed by atoms with Crippen molar-refractivity contribution >= 4 is 79.3 Å². The molecule has 286 valence electrons. The molecule has 53 heavy (non-hydrogen) atoms. The number of aromatic amines is 1. The number of nitrogens with two attached hydrogens (primary N) is 1. The van der Waals surface area contributed by atoms with Crippen LogP contribution >= 0.6 is 13.4 Å². The van der Waals surface area contributed by atoms with Crippen LogP contribution < -0.4 is 11.3 Å². The van der Waals surface area contributed by atoms with Gasteiger partial charge in [-0.1, -0.05) is 20.8 Å². The molecule has 0 spiro atoms. The van der Waals surface area contributed by atoms with Crippen LogP contribution in [0.1, 0.15) is 39.5 Å². The molecule has 2 aliphatic heterocycles. The van der Waals surface area contributed by atoms with Crippen molar-refractivity contribution in [3.63, 3.8) is 0 Å². The van der Waals surface area contributed by atoms with Gasteiger partial charge >= 0.3 is 13.4 Å². The first-order chi connectivity index (χ1) is 24.9. The Morgan fingerprint density at radius 1 is 1.00 bits per heavy atom. The maximum Gasteiger partial charge on any atom is 0.324 e. The zero-order chi connectivity index (χ0) is 37.7. The summed E-state index contributed by atoms with van der Waals surface area (Å²) in [6.07, 6.45) is 4.13. The SMILES string of the molecule is CC(C)(C)[Si](C)(C)OC1[C@H](n2cnc3c(=O)n4ccnc4[nH]c32)O[C@@H]2COP(O)(=S)OC[C@@H]3[C@@H](COP(O)(=S)O[C@@H]12)C[C@H]3n1cnc2c(N)ncnc21. The smallest absolute Gasteiger partial charge is 0.324 e. The lowest BCUT2D eigenvalue weighted by molar-refractivity contribution is -0.0478. The van der Waals surface area contributed by atoms with Crippen molar-refractivity contribution in [3.8, 4) is 0 Å². The Hall–Kier alpha value is -2.56. The Balaban J connectivity index is 1.13. The third-order valence-electron chi connectivity index (χ3n) is 10.8. The molecule has 0 bridgehead atoms. The minimum atomic E-state index is -3.98. The molecule has 5 N–H and O–H groups in total. The molecule has 24 heteroatoms. The predicted octanol–water partition coefficient (Wildman–Crippen LogP) is 3.14. The second-order valence-electron chi connectivity index (χ2n) is 15.0. The first-order valence-electron chi connectivity index (χ1n) is 16.9. The summed E-state index contributed by atoms with van der Waals surface area (Å²) >= 11 is 11.1. The van der Waals surface area contributed by atoms with E-state index in [1.165, 1.54) is 23.3 Å². The molecule has 3 aliphatic rings. The fraction of sp³-hybridized carbons (Fsp3) is 0.586. The normalized spacial score (nSPS) is 33.2. The number of nitrogens with one attached hydrogen (secondary N) is 1. The number of H-pyrrole nitrogens is 1. The Labute approximate surface area is 313 Å². The number of nitrogens with zero attached hydrogens (tertiary/aromatic N) is 8. The Morgan fingerprint density at radius 3 is 2.49 bits per heavy atom. The molecule has 1 saturated carbocycles. The van der Waals surface area contributed by atoms with E-state index in [4.69, 9.17) is 56.6 Å². The highest BCUT2D eigenvalue weighted by atomic mass is 32.5. The summed E-state index contributed by atoms with van der Waals surface area (Å²) < 4.78 is 42.8.